The number of carbonyl (C=O) groups is 1. The first kappa shape index (κ1) is 11.8. The summed E-state index contributed by atoms with van der Waals surface area (Å²) in [7, 11) is 1.67. The van der Waals surface area contributed by atoms with E-state index in [9.17, 15) is 4.79 Å². The fraction of sp³-hybridized carbons (Fsp3) is 0.667. The Hall–Kier alpha value is -0.720. The molecule has 1 aliphatic heterocycles. The van der Waals surface area contributed by atoms with Crippen LogP contribution in [0.1, 0.15) is 17.8 Å². The molecule has 0 bridgehead atoms. The van der Waals surface area contributed by atoms with E-state index >= 15 is 0 Å². The predicted molar refractivity (Wildman–Crippen MR) is 62.4 cm³/mol. The van der Waals surface area contributed by atoms with Crippen molar-refractivity contribution in [1.29, 1.82) is 0 Å². The summed E-state index contributed by atoms with van der Waals surface area (Å²) in [5.74, 6) is 0.0770. The third-order valence-corrected chi connectivity index (χ3v) is 3.70. The third kappa shape index (κ3) is 2.50. The zero-order valence-electron chi connectivity index (χ0n) is 8.94. The zero-order valence-corrected chi connectivity index (χ0v) is 10.5. The van der Waals surface area contributed by atoms with Crippen LogP contribution in [0.2, 0.25) is 4.47 Å². The molecule has 1 aliphatic rings. The summed E-state index contributed by atoms with van der Waals surface area (Å²) in [6.07, 6.45) is 1.96. The molecular weight excluding hydrogens is 248 g/mol. The van der Waals surface area contributed by atoms with Crippen molar-refractivity contribution in [2.24, 2.45) is 0 Å². The zero-order chi connectivity index (χ0) is 11.5. The van der Waals surface area contributed by atoms with E-state index in [-0.39, 0.29) is 11.9 Å². The number of aromatic nitrogens is 2. The maximum absolute atomic E-state index is 11.6. The molecule has 2 rings (SSSR count). The van der Waals surface area contributed by atoms with E-state index in [2.05, 4.69) is 20.4 Å². The number of carbonyl (C=O) groups excluding carboxylic acids is 1. The fourth-order valence-corrected chi connectivity index (χ4v) is 2.84. The molecule has 16 heavy (non-hydrogen) atoms. The molecule has 0 spiro atoms. The summed E-state index contributed by atoms with van der Waals surface area (Å²) in [5.41, 5.74) is 0. The van der Waals surface area contributed by atoms with E-state index in [4.69, 9.17) is 11.6 Å². The van der Waals surface area contributed by atoms with Crippen molar-refractivity contribution in [2.45, 2.75) is 25.4 Å². The molecule has 1 amide bonds. The highest BCUT2D eigenvalue weighted by Gasteiger charge is 2.30. The molecule has 1 aromatic rings. The molecule has 1 atom stereocenters. The molecule has 0 saturated carbocycles. The number of hydrogen-bond acceptors (Lipinski definition) is 5. The smallest absolute Gasteiger partial charge is 0.237 e. The second kappa shape index (κ2) is 5.07. The van der Waals surface area contributed by atoms with Gasteiger partial charge in [0, 0.05) is 7.05 Å². The second-order valence-corrected chi connectivity index (χ2v) is 5.34. The van der Waals surface area contributed by atoms with Gasteiger partial charge in [0.05, 0.1) is 12.6 Å². The quantitative estimate of drug-likeness (QED) is 0.877. The Morgan fingerprint density at radius 3 is 3.12 bits per heavy atom. The predicted octanol–water partition coefficient (Wildman–Crippen LogP) is 0.902. The molecule has 0 radical (unpaired) electrons. The van der Waals surface area contributed by atoms with E-state index in [0.717, 1.165) is 24.4 Å². The van der Waals surface area contributed by atoms with Crippen LogP contribution >= 0.6 is 22.9 Å². The normalized spacial score (nSPS) is 21.2. The van der Waals surface area contributed by atoms with Gasteiger partial charge in [0.15, 0.2) is 0 Å². The summed E-state index contributed by atoms with van der Waals surface area (Å²) in [4.78, 5) is 13.7. The van der Waals surface area contributed by atoms with Gasteiger partial charge in [-0.1, -0.05) is 11.3 Å². The van der Waals surface area contributed by atoms with E-state index in [1.165, 1.54) is 11.3 Å². The number of halogens is 1. The number of likely N-dealkylation sites (tertiary alicyclic amines) is 1. The topological polar surface area (TPSA) is 58.1 Å². The van der Waals surface area contributed by atoms with Crippen LogP contribution in [0.4, 0.5) is 0 Å². The largest absolute Gasteiger partial charge is 0.358 e. The van der Waals surface area contributed by atoms with Gasteiger partial charge in [0.25, 0.3) is 0 Å². The summed E-state index contributed by atoms with van der Waals surface area (Å²) in [6.45, 7) is 1.58. The number of amides is 1. The van der Waals surface area contributed by atoms with Crippen LogP contribution in [0.15, 0.2) is 0 Å². The standard InChI is InChI=1S/C9H13ClN4OS/c1-11-8(15)6-3-2-4-14(6)5-7-12-13-9(10)16-7/h6H,2-5H2,1H3,(H,11,15). The minimum Gasteiger partial charge on any atom is -0.358 e. The van der Waals surface area contributed by atoms with Gasteiger partial charge in [-0.25, -0.2) is 0 Å². The molecule has 88 valence electrons. The van der Waals surface area contributed by atoms with Gasteiger partial charge in [-0.05, 0) is 31.0 Å². The van der Waals surface area contributed by atoms with E-state index in [1.54, 1.807) is 7.05 Å². The van der Waals surface area contributed by atoms with Crippen molar-refractivity contribution in [3.8, 4) is 0 Å². The van der Waals surface area contributed by atoms with Gasteiger partial charge in [0.1, 0.15) is 5.01 Å². The van der Waals surface area contributed by atoms with Crippen LogP contribution < -0.4 is 5.32 Å². The number of nitrogens with one attached hydrogen (secondary N) is 1. The molecule has 1 aromatic heterocycles. The molecule has 1 N–H and O–H groups in total. The van der Waals surface area contributed by atoms with Crippen molar-refractivity contribution in [3.63, 3.8) is 0 Å². The molecule has 1 unspecified atom stereocenters. The van der Waals surface area contributed by atoms with Crippen LogP contribution in [0.3, 0.4) is 0 Å². The van der Waals surface area contributed by atoms with Crippen LogP contribution in [0.25, 0.3) is 0 Å². The van der Waals surface area contributed by atoms with E-state index in [1.807, 2.05) is 0 Å². The Balaban J connectivity index is 2.01. The first-order chi connectivity index (χ1) is 7.70. The number of nitrogens with zero attached hydrogens (tertiary/aromatic N) is 3. The summed E-state index contributed by atoms with van der Waals surface area (Å²) < 4.78 is 0.450. The van der Waals surface area contributed by atoms with Crippen molar-refractivity contribution >= 4 is 28.8 Å². The van der Waals surface area contributed by atoms with Gasteiger partial charge < -0.3 is 5.32 Å². The Morgan fingerprint density at radius 2 is 2.50 bits per heavy atom. The number of likely N-dealkylation sites (N-methyl/N-ethyl adjacent to an activating group) is 1. The van der Waals surface area contributed by atoms with Crippen LogP contribution in [0, 0.1) is 0 Å². The van der Waals surface area contributed by atoms with Crippen molar-refractivity contribution in [3.05, 3.63) is 9.47 Å². The van der Waals surface area contributed by atoms with Crippen molar-refractivity contribution < 1.29 is 4.79 Å². The minimum absolute atomic E-state index is 0.0346. The van der Waals surface area contributed by atoms with Gasteiger partial charge in [-0.2, -0.15) is 0 Å². The lowest BCUT2D eigenvalue weighted by Gasteiger charge is -2.21. The highest BCUT2D eigenvalue weighted by atomic mass is 35.5. The Bertz CT molecular complexity index is 383. The average Bonchev–Trinajstić information content (AvgIpc) is 2.87. The SMILES string of the molecule is CNC(=O)C1CCCN1Cc1nnc(Cl)s1. The Labute approximate surface area is 103 Å². The molecule has 0 aliphatic carbocycles. The maximum atomic E-state index is 11.6. The summed E-state index contributed by atoms with van der Waals surface area (Å²) >= 11 is 7.08. The second-order valence-electron chi connectivity index (χ2n) is 3.69. The average molecular weight is 261 g/mol. The lowest BCUT2D eigenvalue weighted by molar-refractivity contribution is -0.125. The fourth-order valence-electron chi connectivity index (χ4n) is 1.95. The molecular formula is C9H13ClN4OS. The third-order valence-electron chi connectivity index (χ3n) is 2.69. The molecule has 2 heterocycles. The molecule has 1 fully saturated rings. The first-order valence-corrected chi connectivity index (χ1v) is 6.33. The van der Waals surface area contributed by atoms with Crippen LogP contribution in [0.5, 0.6) is 0 Å². The van der Waals surface area contributed by atoms with Crippen LogP contribution in [-0.2, 0) is 11.3 Å². The summed E-state index contributed by atoms with van der Waals surface area (Å²) in [6, 6.07) is -0.0346. The molecule has 5 nitrogen and oxygen atoms in total. The Morgan fingerprint density at radius 1 is 1.69 bits per heavy atom. The van der Waals surface area contributed by atoms with Crippen molar-refractivity contribution in [2.75, 3.05) is 13.6 Å². The van der Waals surface area contributed by atoms with Crippen LogP contribution in [-0.4, -0.2) is 40.6 Å². The first-order valence-electron chi connectivity index (χ1n) is 5.14. The molecule has 0 aromatic carbocycles. The Kier molecular flexibility index (Phi) is 3.73. The number of hydrogen-bond donors (Lipinski definition) is 1. The van der Waals surface area contributed by atoms with Crippen molar-refractivity contribution in [1.82, 2.24) is 20.4 Å². The lowest BCUT2D eigenvalue weighted by atomic mass is 10.2. The van der Waals surface area contributed by atoms with E-state index in [0.29, 0.717) is 11.0 Å². The molecule has 1 saturated heterocycles. The number of rotatable bonds is 3. The highest BCUT2D eigenvalue weighted by molar-refractivity contribution is 7.15. The van der Waals surface area contributed by atoms with Gasteiger partial charge in [-0.15, -0.1) is 10.2 Å². The van der Waals surface area contributed by atoms with Gasteiger partial charge in [-0.3, -0.25) is 9.69 Å². The monoisotopic (exact) mass is 260 g/mol. The van der Waals surface area contributed by atoms with Gasteiger partial charge >= 0.3 is 0 Å². The molecule has 7 heteroatoms. The maximum Gasteiger partial charge on any atom is 0.237 e. The summed E-state index contributed by atoms with van der Waals surface area (Å²) in [5, 5.41) is 11.3. The van der Waals surface area contributed by atoms with E-state index < -0.39 is 0 Å². The highest BCUT2D eigenvalue weighted by Crippen LogP contribution is 2.22. The lowest BCUT2D eigenvalue weighted by Crippen LogP contribution is -2.41. The minimum atomic E-state index is -0.0346. The van der Waals surface area contributed by atoms with Gasteiger partial charge in [0.2, 0.25) is 10.4 Å².